The first-order chi connectivity index (χ1) is 11.0. The molecule has 0 radical (unpaired) electrons. The van der Waals surface area contributed by atoms with Crippen LogP contribution in [0.3, 0.4) is 0 Å². The zero-order valence-corrected chi connectivity index (χ0v) is 16.0. The van der Waals surface area contributed by atoms with Gasteiger partial charge in [0.15, 0.2) is 5.13 Å². The normalized spacial score (nSPS) is 15.3. The van der Waals surface area contributed by atoms with E-state index in [1.165, 1.54) is 0 Å². The number of amides is 1. The van der Waals surface area contributed by atoms with E-state index in [-0.39, 0.29) is 24.2 Å². The summed E-state index contributed by atoms with van der Waals surface area (Å²) >= 11 is 7.58. The lowest BCUT2D eigenvalue weighted by Crippen LogP contribution is -2.48. The van der Waals surface area contributed by atoms with Crippen LogP contribution in [0.4, 0.5) is 5.13 Å². The molecule has 130 valence electrons. The van der Waals surface area contributed by atoms with Gasteiger partial charge in [0.05, 0.1) is 5.69 Å². The molecule has 1 aliphatic heterocycles. The Morgan fingerprint density at radius 3 is 2.88 bits per heavy atom. The minimum atomic E-state index is 0. The van der Waals surface area contributed by atoms with Gasteiger partial charge in [-0.05, 0) is 43.6 Å². The van der Waals surface area contributed by atoms with Crippen molar-refractivity contribution < 1.29 is 4.79 Å². The van der Waals surface area contributed by atoms with E-state index in [1.807, 2.05) is 32.0 Å². The van der Waals surface area contributed by atoms with Gasteiger partial charge in [0, 0.05) is 22.2 Å². The van der Waals surface area contributed by atoms with Crippen LogP contribution in [0, 0.1) is 18.8 Å². The highest BCUT2D eigenvalue weighted by molar-refractivity contribution is 7.15. The molecule has 1 fully saturated rings. The summed E-state index contributed by atoms with van der Waals surface area (Å²) in [5.41, 5.74) is 2.11. The summed E-state index contributed by atoms with van der Waals surface area (Å²) in [6.45, 7) is 5.80. The van der Waals surface area contributed by atoms with E-state index in [1.54, 1.807) is 11.3 Å². The molecule has 24 heavy (non-hydrogen) atoms. The molecule has 0 spiro atoms. The van der Waals surface area contributed by atoms with Crippen LogP contribution in [0.1, 0.15) is 23.1 Å². The summed E-state index contributed by atoms with van der Waals surface area (Å²) in [4.78, 5) is 17.9. The molecule has 1 unspecified atom stereocenters. The number of nitrogens with one attached hydrogen (secondary N) is 2. The van der Waals surface area contributed by atoms with Gasteiger partial charge in [-0.2, -0.15) is 0 Å². The van der Waals surface area contributed by atoms with Gasteiger partial charge in [0.2, 0.25) is 5.91 Å². The van der Waals surface area contributed by atoms with E-state index < -0.39 is 0 Å². The zero-order valence-electron chi connectivity index (χ0n) is 13.6. The largest absolute Gasteiger partial charge is 0.316 e. The Bertz CT molecular complexity index is 716. The highest BCUT2D eigenvalue weighted by Gasteiger charge is 2.29. The van der Waals surface area contributed by atoms with Crippen LogP contribution < -0.4 is 10.6 Å². The van der Waals surface area contributed by atoms with Gasteiger partial charge in [0.25, 0.3) is 0 Å². The highest BCUT2D eigenvalue weighted by Crippen LogP contribution is 2.27. The fourth-order valence-electron chi connectivity index (χ4n) is 2.58. The quantitative estimate of drug-likeness (QED) is 0.819. The molecule has 1 aromatic carbocycles. The van der Waals surface area contributed by atoms with Crippen molar-refractivity contribution in [2.24, 2.45) is 11.8 Å². The van der Waals surface area contributed by atoms with Gasteiger partial charge in [-0.1, -0.05) is 30.7 Å². The number of hydrogen-bond donors (Lipinski definition) is 2. The topological polar surface area (TPSA) is 54.0 Å². The second-order valence-electron chi connectivity index (χ2n) is 6.03. The number of aromatic nitrogens is 1. The number of carbonyl (C=O) groups excluding carboxylic acids is 1. The first-order valence-corrected chi connectivity index (χ1v) is 8.94. The molecule has 1 aliphatic rings. The summed E-state index contributed by atoms with van der Waals surface area (Å²) in [5, 5.41) is 7.59. The molecule has 3 rings (SSSR count). The van der Waals surface area contributed by atoms with Crippen molar-refractivity contribution in [3.05, 3.63) is 45.4 Å². The lowest BCUT2D eigenvalue weighted by atomic mass is 9.88. The van der Waals surface area contributed by atoms with Crippen molar-refractivity contribution in [2.45, 2.75) is 20.3 Å². The second kappa shape index (κ2) is 8.30. The Hall–Kier alpha value is -1.14. The number of carbonyl (C=O) groups is 1. The molecule has 1 amide bonds. The van der Waals surface area contributed by atoms with Gasteiger partial charge in [-0.25, -0.2) is 4.98 Å². The van der Waals surface area contributed by atoms with Crippen molar-refractivity contribution in [3.63, 3.8) is 0 Å². The van der Waals surface area contributed by atoms with Crippen LogP contribution in [0.5, 0.6) is 0 Å². The fraction of sp³-hybridized carbons (Fsp3) is 0.412. The van der Waals surface area contributed by atoms with Crippen LogP contribution in [-0.4, -0.2) is 24.0 Å². The molecular weight excluding hydrogens is 365 g/mol. The molecule has 0 aliphatic carbocycles. The average Bonchev–Trinajstić information content (AvgIpc) is 2.76. The predicted octanol–water partition coefficient (Wildman–Crippen LogP) is 3.91. The minimum absolute atomic E-state index is 0. The van der Waals surface area contributed by atoms with Crippen LogP contribution in [0.15, 0.2) is 24.3 Å². The van der Waals surface area contributed by atoms with Gasteiger partial charge >= 0.3 is 0 Å². The van der Waals surface area contributed by atoms with Crippen LogP contribution in [-0.2, 0) is 11.2 Å². The maximum Gasteiger partial charge on any atom is 0.229 e. The second-order valence-corrected chi connectivity index (χ2v) is 7.55. The number of hydrogen-bond acceptors (Lipinski definition) is 4. The predicted molar refractivity (Wildman–Crippen MR) is 103 cm³/mol. The molecule has 2 heterocycles. The van der Waals surface area contributed by atoms with Crippen molar-refractivity contribution in [1.29, 1.82) is 0 Å². The molecule has 1 saturated heterocycles. The Labute approximate surface area is 157 Å². The summed E-state index contributed by atoms with van der Waals surface area (Å²) in [6.07, 6.45) is 0.780. The third-order valence-corrected chi connectivity index (χ3v) is 5.62. The van der Waals surface area contributed by atoms with Gasteiger partial charge in [0.1, 0.15) is 0 Å². The van der Waals surface area contributed by atoms with Crippen LogP contribution in [0.2, 0.25) is 5.02 Å². The average molecular weight is 386 g/mol. The number of rotatable bonds is 5. The van der Waals surface area contributed by atoms with Gasteiger partial charge < -0.3 is 10.6 Å². The SMILES string of the molecule is Cc1nc(NC(=O)C(C)C2CNC2)sc1Cc1cccc(Cl)c1.Cl. The first-order valence-electron chi connectivity index (χ1n) is 7.75. The molecular formula is C17H21Cl2N3OS. The fourth-order valence-corrected chi connectivity index (χ4v) is 3.79. The van der Waals surface area contributed by atoms with Crippen LogP contribution in [0.25, 0.3) is 0 Å². The molecule has 1 aromatic heterocycles. The summed E-state index contributed by atoms with van der Waals surface area (Å²) < 4.78 is 0. The van der Waals surface area contributed by atoms with E-state index in [2.05, 4.69) is 21.7 Å². The van der Waals surface area contributed by atoms with E-state index in [9.17, 15) is 4.79 Å². The monoisotopic (exact) mass is 385 g/mol. The Balaban J connectivity index is 0.00000208. The van der Waals surface area contributed by atoms with Crippen molar-refractivity contribution in [3.8, 4) is 0 Å². The molecule has 2 N–H and O–H groups in total. The summed E-state index contributed by atoms with van der Waals surface area (Å²) in [7, 11) is 0. The third-order valence-electron chi connectivity index (χ3n) is 4.31. The molecule has 1 atom stereocenters. The first kappa shape index (κ1) is 19.2. The number of thiazole rings is 1. The number of benzene rings is 1. The van der Waals surface area contributed by atoms with Gasteiger partial charge in [-0.3, -0.25) is 4.79 Å². The maximum absolute atomic E-state index is 12.3. The lowest BCUT2D eigenvalue weighted by Gasteiger charge is -2.31. The molecule has 7 heteroatoms. The Morgan fingerprint density at radius 2 is 2.25 bits per heavy atom. The van der Waals surface area contributed by atoms with Crippen LogP contribution >= 0.6 is 35.3 Å². The third kappa shape index (κ3) is 4.48. The van der Waals surface area contributed by atoms with Crippen molar-refractivity contribution >= 4 is 46.4 Å². The number of nitrogens with zero attached hydrogens (tertiary/aromatic N) is 1. The summed E-state index contributed by atoms with van der Waals surface area (Å²) in [5.74, 6) is 0.499. The molecule has 2 aromatic rings. The minimum Gasteiger partial charge on any atom is -0.316 e. The molecule has 4 nitrogen and oxygen atoms in total. The molecule has 0 saturated carbocycles. The zero-order chi connectivity index (χ0) is 16.4. The number of aryl methyl sites for hydroxylation is 1. The Morgan fingerprint density at radius 1 is 1.50 bits per heavy atom. The highest BCUT2D eigenvalue weighted by atomic mass is 35.5. The molecule has 0 bridgehead atoms. The van der Waals surface area contributed by atoms with E-state index in [4.69, 9.17) is 11.6 Å². The van der Waals surface area contributed by atoms with Crippen molar-refractivity contribution in [1.82, 2.24) is 10.3 Å². The number of halogens is 2. The van der Waals surface area contributed by atoms with E-state index in [0.717, 1.165) is 40.7 Å². The standard InChI is InChI=1S/C17H20ClN3OS.ClH/c1-10(13-8-19-9-13)16(22)21-17-20-11(2)15(23-17)7-12-4-3-5-14(18)6-12;/h3-6,10,13,19H,7-9H2,1-2H3,(H,20,21,22);1H. The van der Waals surface area contributed by atoms with E-state index in [0.29, 0.717) is 11.0 Å². The smallest absolute Gasteiger partial charge is 0.229 e. The van der Waals surface area contributed by atoms with Crippen molar-refractivity contribution in [2.75, 3.05) is 18.4 Å². The maximum atomic E-state index is 12.3. The lowest BCUT2D eigenvalue weighted by molar-refractivity contribution is -0.121. The summed E-state index contributed by atoms with van der Waals surface area (Å²) in [6, 6.07) is 7.83. The Kier molecular flexibility index (Phi) is 6.63. The number of anilines is 1. The van der Waals surface area contributed by atoms with E-state index >= 15 is 0 Å². The van der Waals surface area contributed by atoms with Gasteiger partial charge in [-0.15, -0.1) is 23.7 Å².